The van der Waals surface area contributed by atoms with Gasteiger partial charge in [0, 0.05) is 17.8 Å². The van der Waals surface area contributed by atoms with Crippen molar-refractivity contribution in [1.82, 2.24) is 25.5 Å². The number of rotatable bonds is 5. The van der Waals surface area contributed by atoms with Gasteiger partial charge in [0.2, 0.25) is 0 Å². The summed E-state index contributed by atoms with van der Waals surface area (Å²) in [6.07, 6.45) is 1.44. The summed E-state index contributed by atoms with van der Waals surface area (Å²) in [4.78, 5) is 23.3. The molecule has 0 saturated heterocycles. The van der Waals surface area contributed by atoms with E-state index in [1.54, 1.807) is 28.9 Å². The predicted octanol–water partition coefficient (Wildman–Crippen LogP) is 0.110. The Morgan fingerprint density at radius 1 is 1.29 bits per heavy atom. The Morgan fingerprint density at radius 2 is 2.00 bits per heavy atom. The second-order valence-corrected chi connectivity index (χ2v) is 5.77. The van der Waals surface area contributed by atoms with E-state index < -0.39 is 17.9 Å². The highest BCUT2D eigenvalue weighted by molar-refractivity contribution is 6.39. The lowest BCUT2D eigenvalue weighted by atomic mass is 10.2. The minimum absolute atomic E-state index is 0.0228. The second kappa shape index (κ2) is 6.75. The molecule has 126 valence electrons. The molecule has 9 heteroatoms. The lowest BCUT2D eigenvalue weighted by Gasteiger charge is -2.08. The molecule has 0 bridgehead atoms. The van der Waals surface area contributed by atoms with Crippen LogP contribution in [0.4, 0.5) is 5.69 Å². The quantitative estimate of drug-likeness (QED) is 0.669. The molecular weight excluding hydrogens is 312 g/mol. The number of amides is 2. The number of hydrogen-bond acceptors (Lipinski definition) is 6. The first-order valence-corrected chi connectivity index (χ1v) is 7.70. The van der Waals surface area contributed by atoms with Crippen LogP contribution in [0.5, 0.6) is 0 Å². The molecule has 1 heterocycles. The SMILES string of the molecule is C[C@H](O)CNC(=O)C(=O)Nc1ccc(-c2nnnn2C2CC2)cc1. The molecule has 0 spiro atoms. The number of tetrazole rings is 1. The van der Waals surface area contributed by atoms with E-state index in [0.29, 0.717) is 17.6 Å². The van der Waals surface area contributed by atoms with E-state index in [2.05, 4.69) is 26.2 Å². The fraction of sp³-hybridized carbons (Fsp3) is 0.400. The standard InChI is InChI=1S/C15H18N6O3/c1-9(22)8-16-14(23)15(24)17-11-4-2-10(3-5-11)13-18-19-20-21(13)12-6-7-12/h2-5,9,12,22H,6-8H2,1H3,(H,16,23)(H,17,24)/t9-/m0/s1. The van der Waals surface area contributed by atoms with Crippen molar-refractivity contribution in [3.05, 3.63) is 24.3 Å². The van der Waals surface area contributed by atoms with Gasteiger partial charge in [0.25, 0.3) is 0 Å². The molecule has 2 amide bonds. The summed E-state index contributed by atoms with van der Waals surface area (Å²) in [6.45, 7) is 1.54. The molecule has 1 saturated carbocycles. The molecule has 1 aromatic carbocycles. The summed E-state index contributed by atoms with van der Waals surface area (Å²) >= 11 is 0. The molecule has 3 N–H and O–H groups in total. The number of hydrogen-bond donors (Lipinski definition) is 3. The normalized spacial score (nSPS) is 14.9. The lowest BCUT2D eigenvalue weighted by molar-refractivity contribution is -0.136. The van der Waals surface area contributed by atoms with Gasteiger partial charge in [-0.1, -0.05) is 0 Å². The Morgan fingerprint density at radius 3 is 2.62 bits per heavy atom. The van der Waals surface area contributed by atoms with Gasteiger partial charge >= 0.3 is 11.8 Å². The minimum atomic E-state index is -0.794. The lowest BCUT2D eigenvalue weighted by Crippen LogP contribution is -2.38. The molecular formula is C15H18N6O3. The zero-order valence-electron chi connectivity index (χ0n) is 13.1. The Kier molecular flexibility index (Phi) is 4.52. The topological polar surface area (TPSA) is 122 Å². The maximum Gasteiger partial charge on any atom is 0.313 e. The smallest absolute Gasteiger partial charge is 0.313 e. The minimum Gasteiger partial charge on any atom is -0.392 e. The van der Waals surface area contributed by atoms with E-state index in [1.807, 2.05) is 0 Å². The first-order valence-electron chi connectivity index (χ1n) is 7.70. The number of anilines is 1. The van der Waals surface area contributed by atoms with Gasteiger partial charge in [-0.25, -0.2) is 4.68 Å². The second-order valence-electron chi connectivity index (χ2n) is 5.77. The van der Waals surface area contributed by atoms with Crippen molar-refractivity contribution in [2.75, 3.05) is 11.9 Å². The first kappa shape index (κ1) is 16.1. The van der Waals surface area contributed by atoms with Gasteiger partial charge in [0.15, 0.2) is 5.82 Å². The Labute approximate surface area is 138 Å². The third-order valence-electron chi connectivity index (χ3n) is 3.55. The maximum atomic E-state index is 11.7. The average molecular weight is 330 g/mol. The van der Waals surface area contributed by atoms with Crippen molar-refractivity contribution in [1.29, 1.82) is 0 Å². The number of aliphatic hydroxyl groups excluding tert-OH is 1. The molecule has 1 fully saturated rings. The Hall–Kier alpha value is -2.81. The molecule has 3 rings (SSSR count). The number of carbonyl (C=O) groups is 2. The summed E-state index contributed by atoms with van der Waals surface area (Å²) in [7, 11) is 0. The summed E-state index contributed by atoms with van der Waals surface area (Å²) < 4.78 is 1.80. The third kappa shape index (κ3) is 3.74. The molecule has 1 aromatic heterocycles. The van der Waals surface area contributed by atoms with Crippen LogP contribution in [0.3, 0.4) is 0 Å². The van der Waals surface area contributed by atoms with Crippen LogP contribution in [0.15, 0.2) is 24.3 Å². The van der Waals surface area contributed by atoms with Gasteiger partial charge in [-0.15, -0.1) is 5.10 Å². The van der Waals surface area contributed by atoms with Gasteiger partial charge in [-0.3, -0.25) is 9.59 Å². The van der Waals surface area contributed by atoms with E-state index in [4.69, 9.17) is 5.11 Å². The molecule has 0 aliphatic heterocycles. The zero-order chi connectivity index (χ0) is 17.1. The first-order chi connectivity index (χ1) is 11.5. The average Bonchev–Trinajstić information content (AvgIpc) is 3.30. The molecule has 1 aliphatic carbocycles. The van der Waals surface area contributed by atoms with Gasteiger partial charge in [-0.05, 0) is 54.5 Å². The Bertz CT molecular complexity index is 736. The fourth-order valence-corrected chi connectivity index (χ4v) is 2.16. The van der Waals surface area contributed by atoms with E-state index in [9.17, 15) is 9.59 Å². The predicted molar refractivity (Wildman–Crippen MR) is 84.8 cm³/mol. The Balaban J connectivity index is 1.63. The third-order valence-corrected chi connectivity index (χ3v) is 3.55. The van der Waals surface area contributed by atoms with Gasteiger partial charge in [-0.2, -0.15) is 0 Å². The molecule has 0 radical (unpaired) electrons. The van der Waals surface area contributed by atoms with Crippen LogP contribution in [-0.4, -0.2) is 49.8 Å². The summed E-state index contributed by atoms with van der Waals surface area (Å²) in [5.74, 6) is -0.895. The van der Waals surface area contributed by atoms with Crippen molar-refractivity contribution in [3.8, 4) is 11.4 Å². The number of aliphatic hydroxyl groups is 1. The fourth-order valence-electron chi connectivity index (χ4n) is 2.16. The van der Waals surface area contributed by atoms with E-state index in [0.717, 1.165) is 18.4 Å². The highest BCUT2D eigenvalue weighted by Crippen LogP contribution is 2.36. The van der Waals surface area contributed by atoms with E-state index in [1.165, 1.54) is 6.92 Å². The number of nitrogens with one attached hydrogen (secondary N) is 2. The van der Waals surface area contributed by atoms with Gasteiger partial charge in [0.1, 0.15) is 0 Å². The van der Waals surface area contributed by atoms with Gasteiger partial charge in [0.05, 0.1) is 12.1 Å². The molecule has 0 unspecified atom stereocenters. The van der Waals surface area contributed by atoms with Crippen molar-refractivity contribution >= 4 is 17.5 Å². The van der Waals surface area contributed by atoms with Crippen LogP contribution in [0, 0.1) is 0 Å². The molecule has 2 aromatic rings. The van der Waals surface area contributed by atoms with Crippen LogP contribution in [0.25, 0.3) is 11.4 Å². The van der Waals surface area contributed by atoms with Crippen molar-refractivity contribution < 1.29 is 14.7 Å². The zero-order valence-corrected chi connectivity index (χ0v) is 13.1. The van der Waals surface area contributed by atoms with Crippen molar-refractivity contribution in [2.24, 2.45) is 0 Å². The van der Waals surface area contributed by atoms with Crippen LogP contribution < -0.4 is 10.6 Å². The van der Waals surface area contributed by atoms with E-state index >= 15 is 0 Å². The summed E-state index contributed by atoms with van der Waals surface area (Å²) in [5, 5.41) is 25.7. The number of nitrogens with zero attached hydrogens (tertiary/aromatic N) is 4. The summed E-state index contributed by atoms with van der Waals surface area (Å²) in [6, 6.07) is 7.30. The maximum absolute atomic E-state index is 11.7. The van der Waals surface area contributed by atoms with Crippen LogP contribution in [0.2, 0.25) is 0 Å². The highest BCUT2D eigenvalue weighted by atomic mass is 16.3. The van der Waals surface area contributed by atoms with E-state index in [-0.39, 0.29) is 6.54 Å². The molecule has 24 heavy (non-hydrogen) atoms. The van der Waals surface area contributed by atoms with Crippen molar-refractivity contribution in [3.63, 3.8) is 0 Å². The van der Waals surface area contributed by atoms with Crippen LogP contribution in [0.1, 0.15) is 25.8 Å². The molecule has 1 atom stereocenters. The number of carbonyl (C=O) groups excluding carboxylic acids is 2. The van der Waals surface area contributed by atoms with Gasteiger partial charge < -0.3 is 15.7 Å². The van der Waals surface area contributed by atoms with Crippen LogP contribution in [-0.2, 0) is 9.59 Å². The number of benzene rings is 1. The highest BCUT2D eigenvalue weighted by Gasteiger charge is 2.28. The summed E-state index contributed by atoms with van der Waals surface area (Å²) in [5.41, 5.74) is 1.32. The largest absolute Gasteiger partial charge is 0.392 e. The van der Waals surface area contributed by atoms with Crippen molar-refractivity contribution in [2.45, 2.75) is 31.9 Å². The molecule has 1 aliphatic rings. The number of aromatic nitrogens is 4. The molecule has 9 nitrogen and oxygen atoms in total. The van der Waals surface area contributed by atoms with Crippen LogP contribution >= 0.6 is 0 Å². The monoisotopic (exact) mass is 330 g/mol.